The number of hydrogen-bond acceptors (Lipinski definition) is 4. The Balaban J connectivity index is 1.46. The second-order valence-corrected chi connectivity index (χ2v) is 11.1. The lowest BCUT2D eigenvalue weighted by Crippen LogP contribution is -1.96. The first kappa shape index (κ1) is 26.7. The molecule has 0 radical (unpaired) electrons. The zero-order valence-electron chi connectivity index (χ0n) is 24.4. The molecule has 0 aliphatic carbocycles. The highest BCUT2D eigenvalue weighted by molar-refractivity contribution is 6.21. The first-order valence-corrected chi connectivity index (χ1v) is 14.9. The summed E-state index contributed by atoms with van der Waals surface area (Å²) in [6, 6.07) is 32.3. The van der Waals surface area contributed by atoms with Crippen molar-refractivity contribution in [2.75, 3.05) is 0 Å². The van der Waals surface area contributed by atoms with E-state index in [0.29, 0.717) is 5.92 Å². The highest BCUT2D eigenvalue weighted by atomic mass is 14.7. The van der Waals surface area contributed by atoms with E-state index in [4.69, 9.17) is 9.97 Å². The summed E-state index contributed by atoms with van der Waals surface area (Å²) in [5, 5.41) is 4.86. The monoisotopic (exact) mass is 556 g/mol. The Labute approximate surface area is 252 Å². The van der Waals surface area contributed by atoms with Gasteiger partial charge in [0.2, 0.25) is 0 Å². The summed E-state index contributed by atoms with van der Waals surface area (Å²) in [6.45, 7) is 4.59. The minimum atomic E-state index is 0.476. The lowest BCUT2D eigenvalue weighted by atomic mass is 9.84. The third-order valence-electron chi connectivity index (χ3n) is 8.36. The zero-order chi connectivity index (χ0) is 29.2. The Morgan fingerprint density at radius 1 is 0.535 bits per heavy atom. The van der Waals surface area contributed by atoms with Gasteiger partial charge in [-0.25, -0.2) is 0 Å². The molecule has 1 unspecified atom stereocenters. The summed E-state index contributed by atoms with van der Waals surface area (Å²) < 4.78 is 0. The molecule has 0 amide bonds. The Morgan fingerprint density at radius 2 is 1.09 bits per heavy atom. The van der Waals surface area contributed by atoms with E-state index >= 15 is 0 Å². The van der Waals surface area contributed by atoms with Gasteiger partial charge in [-0.15, -0.1) is 0 Å². The summed E-state index contributed by atoms with van der Waals surface area (Å²) in [6.07, 6.45) is 13.6. The minimum Gasteiger partial charge on any atom is -0.264 e. The summed E-state index contributed by atoms with van der Waals surface area (Å²) in [5.74, 6) is 0.476. The Hall–Kier alpha value is -5.22. The first-order chi connectivity index (χ1) is 21.2. The van der Waals surface area contributed by atoms with E-state index in [1.165, 1.54) is 38.2 Å². The van der Waals surface area contributed by atoms with Gasteiger partial charge in [0, 0.05) is 59.4 Å². The number of hydrogen-bond donors (Lipinski definition) is 0. The van der Waals surface area contributed by atoms with Crippen molar-refractivity contribution in [3.05, 3.63) is 134 Å². The zero-order valence-corrected chi connectivity index (χ0v) is 24.4. The Kier molecular flexibility index (Phi) is 7.18. The highest BCUT2D eigenvalue weighted by Crippen LogP contribution is 2.44. The van der Waals surface area contributed by atoms with Crippen LogP contribution in [0, 0.1) is 0 Å². The molecule has 7 aromatic rings. The number of rotatable bonds is 7. The number of pyridine rings is 4. The highest BCUT2D eigenvalue weighted by Gasteiger charge is 2.19. The third-order valence-corrected chi connectivity index (χ3v) is 8.36. The maximum atomic E-state index is 4.89. The van der Waals surface area contributed by atoms with E-state index < -0.39 is 0 Å². The average Bonchev–Trinajstić information content (AvgIpc) is 3.08. The van der Waals surface area contributed by atoms with Crippen LogP contribution in [0.4, 0.5) is 0 Å². The Morgan fingerprint density at radius 3 is 1.58 bits per heavy atom. The molecule has 0 bridgehead atoms. The molecular weight excluding hydrogens is 524 g/mol. The lowest BCUT2D eigenvalue weighted by Gasteiger charge is -2.20. The lowest BCUT2D eigenvalue weighted by molar-refractivity contribution is 0.665. The molecule has 4 heterocycles. The smallest absolute Gasteiger partial charge is 0.0717 e. The van der Waals surface area contributed by atoms with Gasteiger partial charge in [0.15, 0.2) is 0 Å². The van der Waals surface area contributed by atoms with Crippen LogP contribution < -0.4 is 0 Å². The van der Waals surface area contributed by atoms with Gasteiger partial charge in [-0.3, -0.25) is 19.9 Å². The van der Waals surface area contributed by atoms with Crippen molar-refractivity contribution in [3.63, 3.8) is 0 Å². The fourth-order valence-electron chi connectivity index (χ4n) is 6.18. The van der Waals surface area contributed by atoms with Crippen LogP contribution in [-0.2, 0) is 0 Å². The van der Waals surface area contributed by atoms with Crippen molar-refractivity contribution >= 4 is 21.5 Å². The van der Waals surface area contributed by atoms with Gasteiger partial charge in [-0.05, 0) is 87.0 Å². The predicted octanol–water partition coefficient (Wildman–Crippen LogP) is 10.1. The van der Waals surface area contributed by atoms with Crippen molar-refractivity contribution in [2.24, 2.45) is 0 Å². The minimum absolute atomic E-state index is 0.476. The molecule has 208 valence electrons. The number of benzene rings is 3. The van der Waals surface area contributed by atoms with Gasteiger partial charge in [0.05, 0.1) is 11.4 Å². The summed E-state index contributed by atoms with van der Waals surface area (Å²) >= 11 is 0. The van der Waals surface area contributed by atoms with Crippen LogP contribution in [0.3, 0.4) is 0 Å². The second-order valence-electron chi connectivity index (χ2n) is 11.1. The second kappa shape index (κ2) is 11.6. The number of nitrogens with zero attached hydrogens (tertiary/aromatic N) is 4. The van der Waals surface area contributed by atoms with Crippen LogP contribution in [0.25, 0.3) is 66.3 Å². The molecule has 0 fully saturated rings. The maximum Gasteiger partial charge on any atom is 0.0717 e. The predicted molar refractivity (Wildman–Crippen MR) is 178 cm³/mol. The molecule has 0 saturated carbocycles. The molecule has 43 heavy (non-hydrogen) atoms. The molecule has 0 N–H and O–H groups in total. The molecular formula is C39H32N4. The van der Waals surface area contributed by atoms with Crippen LogP contribution in [0.5, 0.6) is 0 Å². The fourth-order valence-corrected chi connectivity index (χ4v) is 6.18. The fraction of sp³-hybridized carbons (Fsp3) is 0.128. The SMILES string of the molecule is CCCC(C)c1ccc2c(-c3ccc(-c4cccnc4)nc3)c3ccccc3c(-c3ccc(-c4cccnc4)nc3)c2c1. The Bertz CT molecular complexity index is 2020. The largest absolute Gasteiger partial charge is 0.264 e. The summed E-state index contributed by atoms with van der Waals surface area (Å²) in [7, 11) is 0. The average molecular weight is 557 g/mol. The van der Waals surface area contributed by atoms with Gasteiger partial charge in [0.1, 0.15) is 0 Å². The van der Waals surface area contributed by atoms with Crippen LogP contribution in [0.2, 0.25) is 0 Å². The molecule has 3 aromatic carbocycles. The van der Waals surface area contributed by atoms with E-state index in [1.807, 2.05) is 49.1 Å². The van der Waals surface area contributed by atoms with Crippen molar-refractivity contribution in [3.8, 4) is 44.8 Å². The molecule has 0 aliphatic heterocycles. The van der Waals surface area contributed by atoms with Gasteiger partial charge < -0.3 is 0 Å². The van der Waals surface area contributed by atoms with E-state index in [2.05, 4.69) is 90.5 Å². The molecule has 7 rings (SSSR count). The van der Waals surface area contributed by atoms with Crippen molar-refractivity contribution in [2.45, 2.75) is 32.6 Å². The first-order valence-electron chi connectivity index (χ1n) is 14.9. The van der Waals surface area contributed by atoms with Crippen LogP contribution in [0.15, 0.2) is 128 Å². The standard InChI is InChI=1S/C39H32N4/c1-3-8-26(2)27-13-16-34-35(21-27)39(31-15-18-37(43-25-31)29-10-7-20-41-23-29)33-12-5-4-11-32(33)38(34)30-14-17-36(42-24-30)28-9-6-19-40-22-28/h4-7,9-26H,3,8H2,1-2H3. The molecule has 0 aliphatic rings. The third kappa shape index (κ3) is 5.06. The molecule has 4 aromatic heterocycles. The van der Waals surface area contributed by atoms with Gasteiger partial charge in [0.25, 0.3) is 0 Å². The van der Waals surface area contributed by atoms with Crippen LogP contribution >= 0.6 is 0 Å². The number of fused-ring (bicyclic) bond motifs is 2. The van der Waals surface area contributed by atoms with E-state index in [9.17, 15) is 0 Å². The van der Waals surface area contributed by atoms with E-state index in [-0.39, 0.29) is 0 Å². The van der Waals surface area contributed by atoms with Gasteiger partial charge in [-0.1, -0.05) is 74.9 Å². The van der Waals surface area contributed by atoms with Crippen molar-refractivity contribution in [1.82, 2.24) is 19.9 Å². The topological polar surface area (TPSA) is 51.6 Å². The summed E-state index contributed by atoms with van der Waals surface area (Å²) in [4.78, 5) is 18.3. The van der Waals surface area contributed by atoms with E-state index in [1.54, 1.807) is 12.4 Å². The van der Waals surface area contributed by atoms with Crippen LogP contribution in [0.1, 0.15) is 38.2 Å². The molecule has 0 saturated heterocycles. The summed E-state index contributed by atoms with van der Waals surface area (Å²) in [5.41, 5.74) is 9.83. The van der Waals surface area contributed by atoms with E-state index in [0.717, 1.165) is 46.5 Å². The van der Waals surface area contributed by atoms with Gasteiger partial charge >= 0.3 is 0 Å². The van der Waals surface area contributed by atoms with Crippen LogP contribution in [-0.4, -0.2) is 19.9 Å². The van der Waals surface area contributed by atoms with Crippen molar-refractivity contribution < 1.29 is 0 Å². The molecule has 4 nitrogen and oxygen atoms in total. The molecule has 0 spiro atoms. The maximum absolute atomic E-state index is 4.89. The quantitative estimate of drug-likeness (QED) is 0.183. The molecule has 4 heteroatoms. The van der Waals surface area contributed by atoms with Crippen molar-refractivity contribution in [1.29, 1.82) is 0 Å². The molecule has 1 atom stereocenters. The van der Waals surface area contributed by atoms with Gasteiger partial charge in [-0.2, -0.15) is 0 Å². The normalized spacial score (nSPS) is 12.0. The number of aromatic nitrogens is 4.